The van der Waals surface area contributed by atoms with Gasteiger partial charge in [0.15, 0.2) is 0 Å². The number of fused-ring (bicyclic) bond motifs is 3. The lowest BCUT2D eigenvalue weighted by Crippen LogP contribution is -1.89. The Balaban J connectivity index is 1.58. The summed E-state index contributed by atoms with van der Waals surface area (Å²) in [7, 11) is 0. The number of furan rings is 1. The van der Waals surface area contributed by atoms with Gasteiger partial charge in [0.1, 0.15) is 11.2 Å². The van der Waals surface area contributed by atoms with E-state index in [0.29, 0.717) is 0 Å². The summed E-state index contributed by atoms with van der Waals surface area (Å²) in [6, 6.07) is 33.2. The van der Waals surface area contributed by atoms with Crippen LogP contribution in [0.5, 0.6) is 0 Å². The molecule has 0 atom stereocenters. The second-order valence-corrected chi connectivity index (χ2v) is 6.35. The average molecular weight is 335 g/mol. The first-order valence-corrected chi connectivity index (χ1v) is 8.71. The lowest BCUT2D eigenvalue weighted by molar-refractivity contribution is 0.669. The maximum atomic E-state index is 6.00. The second-order valence-electron chi connectivity index (χ2n) is 6.35. The molecule has 124 valence electrons. The van der Waals surface area contributed by atoms with E-state index in [9.17, 15) is 0 Å². The predicted molar refractivity (Wildman–Crippen MR) is 109 cm³/mol. The van der Waals surface area contributed by atoms with Crippen molar-refractivity contribution in [1.29, 1.82) is 0 Å². The highest BCUT2D eigenvalue weighted by molar-refractivity contribution is 6.12. The molecule has 0 unspecified atom stereocenters. The third-order valence-electron chi connectivity index (χ3n) is 4.66. The molecule has 1 aromatic heterocycles. The fraction of sp³-hybridized carbons (Fsp3) is 0. The summed E-state index contributed by atoms with van der Waals surface area (Å²) in [6.07, 6.45) is 0. The van der Waals surface area contributed by atoms with E-state index in [1.54, 1.807) is 0 Å². The largest absolute Gasteiger partial charge is 0.456 e. The van der Waals surface area contributed by atoms with Gasteiger partial charge in [-0.15, -0.1) is 0 Å². The molecule has 0 fully saturated rings. The van der Waals surface area contributed by atoms with Crippen LogP contribution >= 0.6 is 0 Å². The molecule has 5 rings (SSSR count). The highest BCUT2D eigenvalue weighted by Gasteiger charge is 2.11. The van der Waals surface area contributed by atoms with Crippen LogP contribution < -0.4 is 5.32 Å². The maximum absolute atomic E-state index is 6.00. The average Bonchev–Trinajstić information content (AvgIpc) is 3.08. The molecule has 4 aromatic carbocycles. The fourth-order valence-corrected chi connectivity index (χ4v) is 3.44. The summed E-state index contributed by atoms with van der Waals surface area (Å²) in [5.41, 5.74) is 6.39. The maximum Gasteiger partial charge on any atom is 0.136 e. The van der Waals surface area contributed by atoms with Gasteiger partial charge in [0, 0.05) is 22.1 Å². The van der Waals surface area contributed by atoms with Crippen LogP contribution in [0.3, 0.4) is 0 Å². The molecule has 5 aromatic rings. The van der Waals surface area contributed by atoms with Crippen LogP contribution in [0, 0.1) is 0 Å². The molecule has 0 amide bonds. The Morgan fingerprint density at radius 1 is 0.538 bits per heavy atom. The Bertz CT molecular complexity index is 1190. The summed E-state index contributed by atoms with van der Waals surface area (Å²) in [6.45, 7) is 0. The number of anilines is 2. The van der Waals surface area contributed by atoms with Crippen molar-refractivity contribution in [3.63, 3.8) is 0 Å². The van der Waals surface area contributed by atoms with E-state index in [-0.39, 0.29) is 0 Å². The Morgan fingerprint density at radius 2 is 1.23 bits per heavy atom. The predicted octanol–water partition coefficient (Wildman–Crippen LogP) is 7.00. The molecule has 1 heterocycles. The normalized spacial score (nSPS) is 11.1. The van der Waals surface area contributed by atoms with Crippen molar-refractivity contribution in [3.8, 4) is 11.1 Å². The molecule has 0 aliphatic heterocycles. The summed E-state index contributed by atoms with van der Waals surface area (Å²) in [5, 5.41) is 5.76. The lowest BCUT2D eigenvalue weighted by Gasteiger charge is -2.08. The van der Waals surface area contributed by atoms with E-state index < -0.39 is 0 Å². The molecule has 0 saturated heterocycles. The molecule has 0 spiro atoms. The Kier molecular flexibility index (Phi) is 3.46. The first kappa shape index (κ1) is 14.8. The Labute approximate surface area is 151 Å². The zero-order valence-corrected chi connectivity index (χ0v) is 14.1. The molecule has 2 heteroatoms. The molecule has 2 nitrogen and oxygen atoms in total. The zero-order chi connectivity index (χ0) is 17.3. The molecular weight excluding hydrogens is 318 g/mol. The van der Waals surface area contributed by atoms with Crippen LogP contribution in [-0.4, -0.2) is 0 Å². The van der Waals surface area contributed by atoms with Crippen molar-refractivity contribution < 1.29 is 4.42 Å². The smallest absolute Gasteiger partial charge is 0.136 e. The summed E-state index contributed by atoms with van der Waals surface area (Å²) < 4.78 is 6.00. The third kappa shape index (κ3) is 2.52. The minimum absolute atomic E-state index is 0.926. The van der Waals surface area contributed by atoms with Crippen molar-refractivity contribution in [1.82, 2.24) is 0 Å². The first-order chi connectivity index (χ1) is 12.9. The van der Waals surface area contributed by atoms with E-state index in [2.05, 4.69) is 66.0 Å². The van der Waals surface area contributed by atoms with Gasteiger partial charge < -0.3 is 9.73 Å². The fourth-order valence-electron chi connectivity index (χ4n) is 3.44. The van der Waals surface area contributed by atoms with Gasteiger partial charge in [-0.25, -0.2) is 0 Å². The minimum Gasteiger partial charge on any atom is -0.456 e. The van der Waals surface area contributed by atoms with Crippen LogP contribution in [0.4, 0.5) is 11.4 Å². The minimum atomic E-state index is 0.926. The van der Waals surface area contributed by atoms with Gasteiger partial charge in [0.2, 0.25) is 0 Å². The van der Waals surface area contributed by atoms with E-state index >= 15 is 0 Å². The van der Waals surface area contributed by atoms with Crippen molar-refractivity contribution >= 4 is 33.3 Å². The van der Waals surface area contributed by atoms with Crippen LogP contribution in [0.25, 0.3) is 33.1 Å². The zero-order valence-electron chi connectivity index (χ0n) is 14.1. The molecule has 1 N–H and O–H groups in total. The van der Waals surface area contributed by atoms with Gasteiger partial charge in [-0.1, -0.05) is 60.7 Å². The Morgan fingerprint density at radius 3 is 2.08 bits per heavy atom. The molecule has 0 saturated carbocycles. The van der Waals surface area contributed by atoms with Crippen LogP contribution in [0.1, 0.15) is 0 Å². The Hall–Kier alpha value is -3.52. The molecule has 0 aliphatic carbocycles. The monoisotopic (exact) mass is 335 g/mol. The van der Waals surface area contributed by atoms with Crippen molar-refractivity contribution in [2.75, 3.05) is 5.32 Å². The standard InChI is InChI=1S/C24H17NO/c1-2-7-18(8-3-1)25-19-15-13-17(14-16-19)20-10-6-12-23-24(20)21-9-4-5-11-22(21)26-23/h1-16,25H. The second kappa shape index (κ2) is 6.08. The molecule has 0 aliphatic rings. The number of rotatable bonds is 3. The summed E-state index contributed by atoms with van der Waals surface area (Å²) in [5.74, 6) is 0. The topological polar surface area (TPSA) is 25.2 Å². The number of benzene rings is 4. The summed E-state index contributed by atoms with van der Waals surface area (Å²) in [4.78, 5) is 0. The SMILES string of the molecule is c1ccc(Nc2ccc(-c3cccc4oc5ccccc5c34)cc2)cc1. The molecule has 26 heavy (non-hydrogen) atoms. The van der Waals surface area contributed by atoms with Crippen LogP contribution in [-0.2, 0) is 0 Å². The number of para-hydroxylation sites is 2. The number of nitrogens with one attached hydrogen (secondary N) is 1. The highest BCUT2D eigenvalue weighted by atomic mass is 16.3. The van der Waals surface area contributed by atoms with Crippen molar-refractivity contribution in [2.45, 2.75) is 0 Å². The molecule has 0 bridgehead atoms. The van der Waals surface area contributed by atoms with E-state index in [4.69, 9.17) is 4.42 Å². The van der Waals surface area contributed by atoms with Gasteiger partial charge in [0.05, 0.1) is 0 Å². The van der Waals surface area contributed by atoms with E-state index in [1.165, 1.54) is 16.5 Å². The quantitative estimate of drug-likeness (QED) is 0.384. The van der Waals surface area contributed by atoms with Gasteiger partial charge in [0.25, 0.3) is 0 Å². The van der Waals surface area contributed by atoms with Crippen LogP contribution in [0.15, 0.2) is 101 Å². The van der Waals surface area contributed by atoms with E-state index in [0.717, 1.165) is 27.9 Å². The first-order valence-electron chi connectivity index (χ1n) is 8.71. The van der Waals surface area contributed by atoms with Crippen molar-refractivity contribution in [2.24, 2.45) is 0 Å². The van der Waals surface area contributed by atoms with Gasteiger partial charge >= 0.3 is 0 Å². The molecular formula is C24H17NO. The summed E-state index contributed by atoms with van der Waals surface area (Å²) >= 11 is 0. The van der Waals surface area contributed by atoms with Gasteiger partial charge in [-0.2, -0.15) is 0 Å². The third-order valence-corrected chi connectivity index (χ3v) is 4.66. The van der Waals surface area contributed by atoms with Crippen molar-refractivity contribution in [3.05, 3.63) is 97.1 Å². The highest BCUT2D eigenvalue weighted by Crippen LogP contribution is 2.36. The lowest BCUT2D eigenvalue weighted by atomic mass is 9.99. The van der Waals surface area contributed by atoms with E-state index in [1.807, 2.05) is 36.4 Å². The van der Waals surface area contributed by atoms with Gasteiger partial charge in [-0.3, -0.25) is 0 Å². The molecule has 0 radical (unpaired) electrons. The number of hydrogen-bond acceptors (Lipinski definition) is 2. The van der Waals surface area contributed by atoms with Crippen LogP contribution in [0.2, 0.25) is 0 Å². The number of hydrogen-bond donors (Lipinski definition) is 1. The van der Waals surface area contributed by atoms with Gasteiger partial charge in [-0.05, 0) is 47.5 Å².